The average Bonchev–Trinajstić information content (AvgIpc) is 3.36. The summed E-state index contributed by atoms with van der Waals surface area (Å²) in [5, 5.41) is 12.8. The summed E-state index contributed by atoms with van der Waals surface area (Å²) in [6.45, 7) is 5.15. The second-order valence-corrected chi connectivity index (χ2v) is 11.0. The van der Waals surface area contributed by atoms with Gasteiger partial charge in [0.1, 0.15) is 15.5 Å². The SMILES string of the molecule is CC(C)(C)OC(=O)N(c1cscn1)S(=O)(=O)c1ccc(NC2CCN(C(=O)O)C2)c(Cl)c1F. The van der Waals surface area contributed by atoms with Crippen LogP contribution in [0, 0.1) is 5.82 Å². The van der Waals surface area contributed by atoms with E-state index in [0.717, 1.165) is 17.4 Å². The maximum Gasteiger partial charge on any atom is 0.430 e. The Morgan fingerprint density at radius 3 is 2.64 bits per heavy atom. The van der Waals surface area contributed by atoms with Gasteiger partial charge in [0.25, 0.3) is 10.0 Å². The van der Waals surface area contributed by atoms with Gasteiger partial charge in [-0.25, -0.2) is 27.4 Å². The van der Waals surface area contributed by atoms with Crippen molar-refractivity contribution in [3.63, 3.8) is 0 Å². The van der Waals surface area contributed by atoms with Gasteiger partial charge in [-0.15, -0.1) is 15.6 Å². The molecule has 1 aromatic carbocycles. The number of nitrogens with zero attached hydrogens (tertiary/aromatic N) is 3. The van der Waals surface area contributed by atoms with Crippen LogP contribution in [0.1, 0.15) is 27.2 Å². The van der Waals surface area contributed by atoms with Crippen LogP contribution in [0.2, 0.25) is 5.02 Å². The maximum atomic E-state index is 15.2. The molecule has 0 spiro atoms. The third kappa shape index (κ3) is 5.47. The Morgan fingerprint density at radius 2 is 2.09 bits per heavy atom. The Labute approximate surface area is 199 Å². The van der Waals surface area contributed by atoms with Gasteiger partial charge in [-0.1, -0.05) is 11.6 Å². The maximum absolute atomic E-state index is 15.2. The fourth-order valence-corrected chi connectivity index (χ4v) is 5.34. The summed E-state index contributed by atoms with van der Waals surface area (Å²) in [6, 6.07) is 1.91. The van der Waals surface area contributed by atoms with Gasteiger partial charge in [0.2, 0.25) is 0 Å². The van der Waals surface area contributed by atoms with Gasteiger partial charge >= 0.3 is 12.2 Å². The van der Waals surface area contributed by atoms with Crippen molar-refractivity contribution >= 4 is 56.7 Å². The number of carboxylic acid groups (broad SMARTS) is 1. The van der Waals surface area contributed by atoms with Gasteiger partial charge in [-0.3, -0.25) is 0 Å². The molecule has 0 aliphatic carbocycles. The molecule has 1 saturated heterocycles. The molecule has 1 fully saturated rings. The van der Waals surface area contributed by atoms with Crippen molar-refractivity contribution in [3.05, 3.63) is 33.9 Å². The molecule has 10 nitrogen and oxygen atoms in total. The third-order valence-electron chi connectivity index (χ3n) is 4.57. The van der Waals surface area contributed by atoms with Crippen molar-refractivity contribution in [1.82, 2.24) is 9.88 Å². The lowest BCUT2D eigenvalue weighted by molar-refractivity contribution is 0.0608. The number of sulfonamides is 1. The average molecular weight is 521 g/mol. The number of hydrogen-bond donors (Lipinski definition) is 2. The molecule has 180 valence electrons. The molecule has 2 N–H and O–H groups in total. The summed E-state index contributed by atoms with van der Waals surface area (Å²) in [5.41, 5.74) is 0.402. The van der Waals surface area contributed by atoms with Gasteiger partial charge in [0.15, 0.2) is 11.6 Å². The van der Waals surface area contributed by atoms with E-state index >= 15 is 4.39 Å². The zero-order valence-corrected chi connectivity index (χ0v) is 20.3. The number of benzene rings is 1. The van der Waals surface area contributed by atoms with E-state index in [1.54, 1.807) is 20.8 Å². The molecule has 33 heavy (non-hydrogen) atoms. The van der Waals surface area contributed by atoms with Gasteiger partial charge < -0.3 is 20.1 Å². The summed E-state index contributed by atoms with van der Waals surface area (Å²) in [6.07, 6.45) is -1.84. The lowest BCUT2D eigenvalue weighted by Gasteiger charge is -2.26. The van der Waals surface area contributed by atoms with Crippen LogP contribution >= 0.6 is 22.9 Å². The molecular formula is C19H22ClFN4O6S2. The van der Waals surface area contributed by atoms with Crippen LogP contribution in [-0.2, 0) is 14.8 Å². The predicted molar refractivity (Wildman–Crippen MR) is 121 cm³/mol. The highest BCUT2D eigenvalue weighted by Crippen LogP contribution is 2.34. The van der Waals surface area contributed by atoms with E-state index in [1.807, 2.05) is 0 Å². The van der Waals surface area contributed by atoms with Crippen molar-refractivity contribution in [1.29, 1.82) is 0 Å². The highest BCUT2D eigenvalue weighted by molar-refractivity contribution is 7.93. The molecule has 14 heteroatoms. The standard InChI is InChI=1S/C19H22ClFN4O6S2/c1-19(2,3)31-18(28)25(14-9-32-10-22-14)33(29,30)13-5-4-12(15(20)16(13)21)23-11-6-7-24(8-11)17(26)27/h4-5,9-11,23H,6-8H2,1-3H3,(H,26,27). The van der Waals surface area contributed by atoms with E-state index in [9.17, 15) is 18.0 Å². The number of likely N-dealkylation sites (tertiary alicyclic amines) is 1. The van der Waals surface area contributed by atoms with Crippen LogP contribution in [0.5, 0.6) is 0 Å². The number of thiazole rings is 1. The molecule has 0 radical (unpaired) electrons. The number of aromatic nitrogens is 1. The van der Waals surface area contributed by atoms with Crippen molar-refractivity contribution in [2.75, 3.05) is 22.7 Å². The summed E-state index contributed by atoms with van der Waals surface area (Å²) in [5.74, 6) is -1.51. The van der Waals surface area contributed by atoms with Gasteiger partial charge in [0, 0.05) is 24.5 Å². The minimum absolute atomic E-state index is 0.0998. The minimum atomic E-state index is -4.78. The van der Waals surface area contributed by atoms with E-state index in [4.69, 9.17) is 21.4 Å². The summed E-state index contributed by atoms with van der Waals surface area (Å²) in [7, 11) is -4.78. The lowest BCUT2D eigenvalue weighted by Crippen LogP contribution is -2.41. The first kappa shape index (κ1) is 25.0. The van der Waals surface area contributed by atoms with Crippen molar-refractivity contribution in [3.8, 4) is 0 Å². The topological polar surface area (TPSA) is 129 Å². The monoisotopic (exact) mass is 520 g/mol. The number of carbonyl (C=O) groups excluding carboxylic acids is 1. The molecule has 2 amide bonds. The molecule has 2 heterocycles. The van der Waals surface area contributed by atoms with Crippen LogP contribution in [-0.4, -0.2) is 60.3 Å². The summed E-state index contributed by atoms with van der Waals surface area (Å²) >= 11 is 7.16. The van der Waals surface area contributed by atoms with E-state index in [-0.39, 0.29) is 28.4 Å². The molecule has 1 unspecified atom stereocenters. The van der Waals surface area contributed by atoms with Crippen LogP contribution in [0.4, 0.5) is 25.5 Å². The number of hydrogen-bond acceptors (Lipinski definition) is 8. The molecule has 1 atom stereocenters. The Kier molecular flexibility index (Phi) is 7.05. The number of amides is 2. The van der Waals surface area contributed by atoms with Gasteiger partial charge in [0.05, 0.1) is 11.2 Å². The first-order chi connectivity index (χ1) is 15.3. The molecule has 0 bridgehead atoms. The fourth-order valence-electron chi connectivity index (χ4n) is 3.14. The molecule has 1 aliphatic heterocycles. The molecule has 3 rings (SSSR count). The molecule has 1 aliphatic rings. The molecule has 0 saturated carbocycles. The smallest absolute Gasteiger partial charge is 0.430 e. The van der Waals surface area contributed by atoms with Crippen LogP contribution in [0.25, 0.3) is 0 Å². The number of ether oxygens (including phenoxy) is 1. The zero-order chi connectivity index (χ0) is 24.6. The van der Waals surface area contributed by atoms with Crippen LogP contribution in [0.15, 0.2) is 27.9 Å². The number of nitrogens with one attached hydrogen (secondary N) is 1. The van der Waals surface area contributed by atoms with Crippen LogP contribution < -0.4 is 9.62 Å². The van der Waals surface area contributed by atoms with E-state index in [1.165, 1.54) is 21.9 Å². The summed E-state index contributed by atoms with van der Waals surface area (Å²) < 4.78 is 47.3. The molecule has 2 aromatic rings. The zero-order valence-electron chi connectivity index (χ0n) is 17.9. The quantitative estimate of drug-likeness (QED) is 0.599. The summed E-state index contributed by atoms with van der Waals surface area (Å²) in [4.78, 5) is 28.0. The molecule has 1 aromatic heterocycles. The second kappa shape index (κ2) is 9.31. The Hall–Kier alpha value is -2.64. The lowest BCUT2D eigenvalue weighted by atomic mass is 10.2. The number of halogens is 2. The number of anilines is 2. The Balaban J connectivity index is 1.94. The highest BCUT2D eigenvalue weighted by Gasteiger charge is 2.38. The van der Waals surface area contributed by atoms with Crippen molar-refractivity contribution in [2.45, 2.75) is 43.7 Å². The minimum Gasteiger partial charge on any atom is -0.465 e. The molecular weight excluding hydrogens is 499 g/mol. The normalized spacial score (nSPS) is 16.5. The Bertz CT molecular complexity index is 1150. The van der Waals surface area contributed by atoms with E-state index in [2.05, 4.69) is 10.3 Å². The second-order valence-electron chi connectivity index (χ2n) is 8.19. The number of carbonyl (C=O) groups is 2. The van der Waals surface area contributed by atoms with Gasteiger partial charge in [-0.2, -0.15) is 0 Å². The first-order valence-corrected chi connectivity index (χ1v) is 12.5. The largest absolute Gasteiger partial charge is 0.465 e. The Morgan fingerprint density at radius 1 is 1.39 bits per heavy atom. The van der Waals surface area contributed by atoms with E-state index in [0.29, 0.717) is 13.0 Å². The number of rotatable bonds is 5. The van der Waals surface area contributed by atoms with Gasteiger partial charge in [-0.05, 0) is 39.3 Å². The first-order valence-electron chi connectivity index (χ1n) is 9.70. The highest BCUT2D eigenvalue weighted by atomic mass is 35.5. The predicted octanol–water partition coefficient (Wildman–Crippen LogP) is 4.23. The van der Waals surface area contributed by atoms with E-state index < -0.39 is 43.5 Å². The van der Waals surface area contributed by atoms with Crippen LogP contribution in [0.3, 0.4) is 0 Å². The fraction of sp³-hybridized carbons (Fsp3) is 0.421. The third-order valence-corrected chi connectivity index (χ3v) is 7.20. The van der Waals surface area contributed by atoms with Crippen molar-refractivity contribution in [2.24, 2.45) is 0 Å². The van der Waals surface area contributed by atoms with Crippen molar-refractivity contribution < 1.29 is 32.2 Å².